The maximum absolute atomic E-state index is 16.3. The number of para-hydroxylation sites is 2. The monoisotopic (exact) mass is 1410 g/mol. The summed E-state index contributed by atoms with van der Waals surface area (Å²) < 4.78 is 92.9. The first-order valence-corrected chi connectivity index (χ1v) is 35.1. The quantitative estimate of drug-likeness (QED) is 0.00738. The van der Waals surface area contributed by atoms with Crippen molar-refractivity contribution in [2.24, 2.45) is 23.6 Å². The van der Waals surface area contributed by atoms with Crippen molar-refractivity contribution in [1.82, 2.24) is 25.1 Å². The predicted octanol–water partition coefficient (Wildman–Crippen LogP) is 8.45. The maximum Gasteiger partial charge on any atom is 0.410 e. The number of imidazole rings is 1. The number of hydrogen-bond acceptors (Lipinski definition) is 18. The molecule has 0 radical (unpaired) electrons. The molecular weight excluding hydrogens is 1320 g/mol. The average molecular weight is 1410 g/mol. The molecule has 1 unspecified atom stereocenters. The summed E-state index contributed by atoms with van der Waals surface area (Å²) in [7, 11) is -3.92. The van der Waals surface area contributed by atoms with Gasteiger partial charge in [-0.05, 0) is 152 Å². The molecule has 6 amide bonds. The first-order valence-electron chi connectivity index (χ1n) is 33.6. The summed E-state index contributed by atoms with van der Waals surface area (Å²) in [5, 5.41) is 8.19. The molecule has 8 rings (SSSR count). The van der Waals surface area contributed by atoms with Gasteiger partial charge in [-0.2, -0.15) is 8.78 Å². The van der Waals surface area contributed by atoms with Crippen LogP contribution in [0.2, 0.25) is 0 Å². The SMILES string of the molecule is C/C(=C\C(=O)N[C@H]1CCc2cccc3c2N(C1=O)[C@H](C(=O)N[C@@H](CCC(N)=O)[C@@H](C)OCc1ccc(CCCOCCOCCOCCCc2cccc4c2n(C)c(=O)n4C2CCC(=O)NC2=O)cc1)C3)c1ccc(C(F)(F)P(=O)(OCOC(=O)C(C)(C)C)OCOC(=O)C(C)(C)C)cc1. The number of nitrogens with two attached hydrogens (primary N) is 1. The van der Waals surface area contributed by atoms with Gasteiger partial charge < -0.3 is 44.8 Å². The van der Waals surface area contributed by atoms with E-state index in [0.717, 1.165) is 58.3 Å². The fraction of sp³-hybridized carbons (Fsp3) is 0.514. The Morgan fingerprint density at radius 1 is 0.750 bits per heavy atom. The van der Waals surface area contributed by atoms with E-state index in [-0.39, 0.29) is 56.7 Å². The van der Waals surface area contributed by atoms with E-state index >= 15 is 8.78 Å². The van der Waals surface area contributed by atoms with E-state index in [1.807, 2.05) is 60.7 Å². The molecule has 4 aromatic carbocycles. The molecule has 5 N–H and O–H groups in total. The number of allylic oxidation sites excluding steroid dienone is 1. The van der Waals surface area contributed by atoms with Gasteiger partial charge in [-0.25, -0.2) is 4.79 Å². The van der Waals surface area contributed by atoms with Crippen LogP contribution in [0.4, 0.5) is 14.5 Å². The van der Waals surface area contributed by atoms with Gasteiger partial charge >= 0.3 is 30.9 Å². The van der Waals surface area contributed by atoms with E-state index in [2.05, 4.69) is 16.0 Å². The Hall–Kier alpha value is -8.30. The van der Waals surface area contributed by atoms with Gasteiger partial charge in [-0.15, -0.1) is 0 Å². The molecular formula is C72H92F2N7O18P. The molecule has 5 atom stereocenters. The molecule has 0 bridgehead atoms. The first-order chi connectivity index (χ1) is 47.4. The van der Waals surface area contributed by atoms with Crippen LogP contribution >= 0.6 is 7.60 Å². The number of anilines is 1. The lowest BCUT2D eigenvalue weighted by Gasteiger charge is -2.31. The van der Waals surface area contributed by atoms with Gasteiger partial charge in [0.1, 0.15) is 18.1 Å². The number of carbonyl (C=O) groups excluding carboxylic acids is 8. The van der Waals surface area contributed by atoms with Gasteiger partial charge in [0.05, 0.1) is 72.7 Å². The number of piperidine rings is 1. The van der Waals surface area contributed by atoms with Crippen molar-refractivity contribution < 1.29 is 89.2 Å². The maximum atomic E-state index is 16.3. The number of primary amides is 1. The second kappa shape index (κ2) is 34.4. The lowest BCUT2D eigenvalue weighted by molar-refractivity contribution is -0.163. The Balaban J connectivity index is 0.772. The highest BCUT2D eigenvalue weighted by Gasteiger charge is 2.56. The van der Waals surface area contributed by atoms with Crippen molar-refractivity contribution in [3.05, 3.63) is 140 Å². The van der Waals surface area contributed by atoms with Crippen LogP contribution in [0.1, 0.15) is 145 Å². The van der Waals surface area contributed by atoms with E-state index in [1.165, 1.54) is 69.2 Å². The smallest absolute Gasteiger partial charge is 0.410 e. The second-order valence-electron chi connectivity index (χ2n) is 27.2. The number of fused-ring (bicyclic) bond motifs is 1. The minimum Gasteiger partial charge on any atom is -0.438 e. The molecule has 542 valence electrons. The number of aromatic nitrogens is 2. The minimum atomic E-state index is -5.61. The summed E-state index contributed by atoms with van der Waals surface area (Å²) in [6, 6.07) is 20.0. The Labute approximate surface area is 579 Å². The third-order valence-electron chi connectivity index (χ3n) is 17.5. The van der Waals surface area contributed by atoms with Crippen LogP contribution < -0.4 is 32.3 Å². The van der Waals surface area contributed by atoms with Crippen molar-refractivity contribution in [3.8, 4) is 0 Å². The molecule has 1 saturated heterocycles. The van der Waals surface area contributed by atoms with E-state index < -0.39 is 115 Å². The van der Waals surface area contributed by atoms with Gasteiger partial charge in [-0.1, -0.05) is 78.9 Å². The minimum absolute atomic E-state index is 0.0567. The van der Waals surface area contributed by atoms with E-state index in [4.69, 9.17) is 43.2 Å². The number of hydrogen-bond donors (Lipinski definition) is 4. The van der Waals surface area contributed by atoms with Crippen LogP contribution in [0.3, 0.4) is 0 Å². The molecule has 28 heteroatoms. The highest BCUT2D eigenvalue weighted by Crippen LogP contribution is 2.67. The van der Waals surface area contributed by atoms with Crippen molar-refractivity contribution in [3.63, 3.8) is 0 Å². The number of alkyl halides is 2. The lowest BCUT2D eigenvalue weighted by Crippen LogP contribution is -2.56. The number of carbonyl (C=O) groups is 8. The van der Waals surface area contributed by atoms with Gasteiger partial charge in [0, 0.05) is 51.2 Å². The molecule has 4 heterocycles. The van der Waals surface area contributed by atoms with Crippen molar-refractivity contribution >= 4 is 77.3 Å². The zero-order valence-corrected chi connectivity index (χ0v) is 59.1. The van der Waals surface area contributed by atoms with Crippen LogP contribution in [0.15, 0.2) is 95.8 Å². The van der Waals surface area contributed by atoms with Crippen molar-refractivity contribution in [2.45, 2.75) is 169 Å². The zero-order chi connectivity index (χ0) is 72.7. The number of benzene rings is 4. The number of halogens is 2. The highest BCUT2D eigenvalue weighted by atomic mass is 31.2. The fourth-order valence-corrected chi connectivity index (χ4v) is 13.1. The summed E-state index contributed by atoms with van der Waals surface area (Å²) in [4.78, 5) is 119. The number of aryl methyl sites for hydroxylation is 4. The highest BCUT2D eigenvalue weighted by molar-refractivity contribution is 7.54. The molecule has 25 nitrogen and oxygen atoms in total. The number of esters is 2. The lowest BCUT2D eigenvalue weighted by atomic mass is 9.98. The summed E-state index contributed by atoms with van der Waals surface area (Å²) in [6.07, 6.45) is 4.77. The third kappa shape index (κ3) is 19.8. The number of amides is 6. The Morgan fingerprint density at radius 2 is 1.34 bits per heavy atom. The molecule has 0 aliphatic carbocycles. The number of ether oxygens (including phenoxy) is 6. The van der Waals surface area contributed by atoms with Crippen LogP contribution in [0.25, 0.3) is 16.6 Å². The number of rotatable bonds is 35. The number of imide groups is 1. The standard InChI is InChI=1S/C72H92F2N7O18P/c1-45(49-24-27-53(28-25-49)72(73,74)100(91,98-43-96-67(88)70(3,4)5)99-44-97-68(89)71(6,7)8)40-61(84)76-55-29-26-51-15-10-17-52-41-58(81(62(51)52)66(55)87)65(86)77-54(30-32-59(75)82)46(2)95-42-48-22-20-47(21-23-48)14-12-34-92-36-38-94-39-37-93-35-13-18-50-16-11-19-56-63(50)79(9)69(90)80(56)57-31-33-60(83)78-64(57)85/h10-11,15-17,19-25,27-28,40,46,54-55,57-58H,12-14,18,26,29-39,41-44H2,1-9H3,(H2,75,82)(H,76,84)(H,77,86)(H,78,83,85)/b45-40+/t46-,54+,55+,57?,58+/m1/s1. The number of nitrogens with one attached hydrogen (secondary N) is 3. The van der Waals surface area contributed by atoms with E-state index in [1.54, 1.807) is 25.5 Å². The summed E-state index contributed by atoms with van der Waals surface area (Å²) in [5.41, 5.74) is 5.06. The number of nitrogens with zero attached hydrogens (tertiary/aromatic N) is 3. The van der Waals surface area contributed by atoms with Gasteiger partial charge in [0.2, 0.25) is 49.0 Å². The molecule has 0 spiro atoms. The Bertz CT molecular complexity index is 3880. The summed E-state index contributed by atoms with van der Waals surface area (Å²) >= 11 is 0. The van der Waals surface area contributed by atoms with E-state index in [9.17, 15) is 47.7 Å². The van der Waals surface area contributed by atoms with Crippen LogP contribution in [-0.2, 0) is 125 Å². The normalized spacial score (nSPS) is 17.3. The van der Waals surface area contributed by atoms with Crippen LogP contribution in [0.5, 0.6) is 0 Å². The van der Waals surface area contributed by atoms with Gasteiger partial charge in [0.25, 0.3) is 0 Å². The second-order valence-corrected chi connectivity index (χ2v) is 29.3. The Kier molecular flexibility index (Phi) is 26.6. The summed E-state index contributed by atoms with van der Waals surface area (Å²) in [6.45, 7) is 12.9. The average Bonchev–Trinajstić information content (AvgIpc) is 1.61. The zero-order valence-electron chi connectivity index (χ0n) is 58.2. The van der Waals surface area contributed by atoms with E-state index in [0.29, 0.717) is 81.2 Å². The molecule has 1 fully saturated rings. The predicted molar refractivity (Wildman–Crippen MR) is 365 cm³/mol. The first kappa shape index (κ1) is 77.4. The largest absolute Gasteiger partial charge is 0.438 e. The molecule has 100 heavy (non-hydrogen) atoms. The molecule has 3 aliphatic rings. The topological polar surface area (TPSA) is 320 Å². The van der Waals surface area contributed by atoms with Crippen LogP contribution in [0, 0.1) is 10.8 Å². The molecule has 3 aliphatic heterocycles. The summed E-state index contributed by atoms with van der Waals surface area (Å²) in [5.74, 6) is -4.77. The van der Waals surface area contributed by atoms with Crippen LogP contribution in [-0.4, -0.2) is 134 Å². The molecule has 5 aromatic rings. The third-order valence-corrected chi connectivity index (χ3v) is 19.4. The molecule has 1 aromatic heterocycles. The molecule has 0 saturated carbocycles. The van der Waals surface area contributed by atoms with Crippen molar-refractivity contribution in [2.75, 3.05) is 58.1 Å². The fourth-order valence-electron chi connectivity index (χ4n) is 11.9. The van der Waals surface area contributed by atoms with Crippen molar-refractivity contribution in [1.29, 1.82) is 0 Å². The Morgan fingerprint density at radius 3 is 1.95 bits per heavy atom. The van der Waals surface area contributed by atoms with Gasteiger partial charge in [0.15, 0.2) is 0 Å². The van der Waals surface area contributed by atoms with Gasteiger partial charge in [-0.3, -0.25) is 71.3 Å².